The topological polar surface area (TPSA) is 147 Å². The first kappa shape index (κ1) is 67.3. The van der Waals surface area contributed by atoms with Crippen molar-refractivity contribution in [2.24, 2.45) is 17.8 Å². The van der Waals surface area contributed by atoms with Crippen molar-refractivity contribution in [3.8, 4) is 17.6 Å². The molecule has 18 heteroatoms. The van der Waals surface area contributed by atoms with Gasteiger partial charge in [0.1, 0.15) is 37.4 Å². The summed E-state index contributed by atoms with van der Waals surface area (Å²) in [6.07, 6.45) is 14.0. The molecule has 12 rings (SSSR count). The van der Waals surface area contributed by atoms with Gasteiger partial charge >= 0.3 is 175 Å². The van der Waals surface area contributed by atoms with Crippen molar-refractivity contribution >= 4 is 13.2 Å². The van der Waals surface area contributed by atoms with Gasteiger partial charge in [0.05, 0.1) is 0 Å². The Hall–Kier alpha value is 3.26. The monoisotopic (exact) mass is 1170 g/mol. The summed E-state index contributed by atoms with van der Waals surface area (Å²) in [5.74, 6) is 4.42. The van der Waals surface area contributed by atoms with Crippen molar-refractivity contribution in [3.05, 3.63) is 89.4 Å². The van der Waals surface area contributed by atoms with E-state index in [2.05, 4.69) is 69.1 Å². The Bertz CT molecular complexity index is 1550. The van der Waals surface area contributed by atoms with E-state index < -0.39 is 0 Å². The molecule has 6 bridgehead atoms. The number of nitrogens with one attached hydrogen (secondary N) is 3. The van der Waals surface area contributed by atoms with Crippen molar-refractivity contribution < 1.29 is 221 Å². The van der Waals surface area contributed by atoms with Crippen molar-refractivity contribution in [1.82, 2.24) is 29.7 Å². The standard InChI is InChI=1S/C13H18N3O.C13H18N2O.C12H15N2O.C4H12B2.2C2H6N.3Rb.Y/c14-7-10-1-2-13(15-8-10)17-12-9-16-5-3-11(12)4-6-16;1-10-2-3-13(14-8-10)16-12-9-15-6-4-11(12)5-7-15;1-2-6-13-12(3-1)15-11-9-14-7-4-10(11)5-8-14;1-5(2)6(3)4;2*1-2-3;;;;/h1-2,8,11-12,14H,3-7,9H2;2-3,8,11-12H,4-7,9H2,1H3;1,3,6,10-11H,4-5,7-9H2;1-4H3;2*3H,2H2,1H3;;;;/q-1;;-1;;2*-1;3*+1;/t2*12-;11-;;;;;;;/m000......./s1. The Kier molecular flexibility index (Phi) is 40.8. The summed E-state index contributed by atoms with van der Waals surface area (Å²) in [6.45, 7) is 28.3. The van der Waals surface area contributed by atoms with E-state index in [-0.39, 0.29) is 214 Å². The predicted octanol–water partition coefficient (Wildman–Crippen LogP) is 0.0247. The summed E-state index contributed by atoms with van der Waals surface area (Å²) in [5.41, 5.74) is 21.8. The number of fused-ring (bicyclic) bond motifs is 9. The van der Waals surface area contributed by atoms with Gasteiger partial charge in [-0.2, -0.15) is 13.1 Å². The molecule has 0 aliphatic carbocycles. The molecular formula is C46H75B2N9O3Rb3Y-. The van der Waals surface area contributed by atoms with E-state index in [1.165, 1.54) is 83.4 Å². The molecule has 9 aliphatic heterocycles. The van der Waals surface area contributed by atoms with Crippen LogP contribution in [0.5, 0.6) is 17.6 Å². The van der Waals surface area contributed by atoms with Crippen LogP contribution in [0.2, 0.25) is 27.3 Å². The molecule has 3 aromatic heterocycles. The van der Waals surface area contributed by atoms with Gasteiger partial charge in [0, 0.05) is 76.9 Å². The summed E-state index contributed by atoms with van der Waals surface area (Å²) in [7, 11) is 0. The number of piperidine rings is 9. The van der Waals surface area contributed by atoms with E-state index in [0.717, 1.165) is 62.0 Å². The van der Waals surface area contributed by atoms with E-state index in [1.807, 2.05) is 43.5 Å². The van der Waals surface area contributed by atoms with Crippen LogP contribution in [-0.4, -0.2) is 133 Å². The molecule has 3 atom stereocenters. The number of aromatic nitrogens is 3. The molecule has 64 heavy (non-hydrogen) atoms. The minimum absolute atomic E-state index is 0. The molecule has 9 fully saturated rings. The minimum Gasteiger partial charge on any atom is -0.678 e. The van der Waals surface area contributed by atoms with Gasteiger partial charge in [-0.25, -0.2) is 22.1 Å². The quantitative estimate of drug-likeness (QED) is 0.225. The van der Waals surface area contributed by atoms with Crippen LogP contribution >= 0.6 is 0 Å². The average molecular weight is 1170 g/mol. The van der Waals surface area contributed by atoms with Crippen LogP contribution in [0.4, 0.5) is 0 Å². The number of hydrogen-bond acceptors (Lipinski definition) is 9. The van der Waals surface area contributed by atoms with Crippen molar-refractivity contribution in [2.45, 2.75) is 111 Å². The first-order chi connectivity index (χ1) is 29.0. The molecule has 3 N–H and O–H groups in total. The molecule has 0 amide bonds. The molecule has 0 aromatic carbocycles. The zero-order valence-corrected chi connectivity index (χ0v) is 59.1. The molecule has 9 saturated heterocycles. The van der Waals surface area contributed by atoms with E-state index in [9.17, 15) is 0 Å². The predicted molar refractivity (Wildman–Crippen MR) is 250 cm³/mol. The van der Waals surface area contributed by atoms with Gasteiger partial charge in [-0.15, -0.1) is 12.6 Å². The van der Waals surface area contributed by atoms with E-state index in [4.69, 9.17) is 31.4 Å². The SMILES string of the molecule is CB(C)B(C)C.CC[NH-].CC[NH-].Cc1ccc(O[C@H]2CN3CCC2CC3)nc1.[NH-]Cc1ccc(O[C@H]2CN3CCC2CC3)nc1.[Rb+].[Rb+].[Rb+].[Y].[c-]1ccc(O[C@H]2CN3CCC2CC3)nc1. The van der Waals surface area contributed by atoms with Crippen LogP contribution in [0.25, 0.3) is 17.2 Å². The summed E-state index contributed by atoms with van der Waals surface area (Å²) in [4.78, 5) is 20.2. The first-order valence-corrected chi connectivity index (χ1v) is 22.9. The minimum atomic E-state index is 0. The zero-order chi connectivity index (χ0) is 43.3. The number of rotatable bonds is 8. The average Bonchev–Trinajstić information content (AvgIpc) is 3.28. The van der Waals surface area contributed by atoms with Gasteiger partial charge in [0.25, 0.3) is 0 Å². The van der Waals surface area contributed by atoms with Crippen LogP contribution in [0, 0.1) is 30.7 Å². The fourth-order valence-corrected chi connectivity index (χ4v) is 8.08. The summed E-state index contributed by atoms with van der Waals surface area (Å²) in [6, 6.07) is 14.5. The Balaban J connectivity index is 0.000000805. The fourth-order valence-electron chi connectivity index (χ4n) is 8.08. The largest absolute Gasteiger partial charge is 1.00 e. The van der Waals surface area contributed by atoms with Gasteiger partial charge in [-0.1, -0.05) is 65.0 Å². The van der Waals surface area contributed by atoms with Crippen LogP contribution in [-0.2, 0) is 39.3 Å². The molecule has 12 heterocycles. The number of hydrogen-bond donors (Lipinski definition) is 0. The normalized spacial score (nSPS) is 25.8. The van der Waals surface area contributed by atoms with Gasteiger partial charge in [0.15, 0.2) is 0 Å². The third-order valence-corrected chi connectivity index (χ3v) is 12.4. The summed E-state index contributed by atoms with van der Waals surface area (Å²) >= 11 is 0. The molecule has 3 aromatic rings. The number of ether oxygens (including phenoxy) is 3. The Morgan fingerprint density at radius 1 is 0.578 bits per heavy atom. The third-order valence-electron chi connectivity index (χ3n) is 12.4. The molecule has 0 spiro atoms. The summed E-state index contributed by atoms with van der Waals surface area (Å²) in [5, 5.41) is 0. The molecule has 1 radical (unpaired) electrons. The zero-order valence-electron chi connectivity index (χ0n) is 41.5. The first-order valence-electron chi connectivity index (χ1n) is 22.9. The Labute approximate surface area is 561 Å². The fraction of sp³-hybridized carbons (Fsp3) is 0.674. The number of nitrogens with zero attached hydrogens (tertiary/aromatic N) is 6. The molecule has 9 aliphatic rings. The van der Waals surface area contributed by atoms with E-state index >= 15 is 0 Å². The van der Waals surface area contributed by atoms with Gasteiger partial charge in [-0.3, -0.25) is 19.7 Å². The van der Waals surface area contributed by atoms with E-state index in [0.29, 0.717) is 43.2 Å². The van der Waals surface area contributed by atoms with Crippen molar-refractivity contribution in [3.63, 3.8) is 0 Å². The number of aryl methyl sites for hydroxylation is 1. The third kappa shape index (κ3) is 25.3. The van der Waals surface area contributed by atoms with Crippen molar-refractivity contribution in [1.29, 1.82) is 0 Å². The smallest absolute Gasteiger partial charge is 0.678 e. The molecule has 335 valence electrons. The maximum atomic E-state index is 7.25. The summed E-state index contributed by atoms with van der Waals surface area (Å²) < 4.78 is 17.9. The van der Waals surface area contributed by atoms with Gasteiger partial charge in [-0.05, 0) is 108 Å². The second-order valence-electron chi connectivity index (χ2n) is 17.5. The van der Waals surface area contributed by atoms with E-state index in [1.54, 1.807) is 26.2 Å². The second kappa shape index (κ2) is 38.8. The number of pyridine rings is 3. The second-order valence-corrected chi connectivity index (χ2v) is 17.5. The van der Waals surface area contributed by atoms with Gasteiger partial charge in [0.2, 0.25) is 11.8 Å². The van der Waals surface area contributed by atoms with Crippen LogP contribution < -0.4 is 189 Å². The van der Waals surface area contributed by atoms with Crippen molar-refractivity contribution in [2.75, 3.05) is 72.0 Å². The Morgan fingerprint density at radius 2 is 0.938 bits per heavy atom. The molecule has 0 unspecified atom stereocenters. The van der Waals surface area contributed by atoms with Crippen LogP contribution in [0.15, 0.2) is 55.0 Å². The molecular weight excluding hydrogens is 1090 g/mol. The molecule has 0 saturated carbocycles. The van der Waals surface area contributed by atoms with Crippen LogP contribution in [0.3, 0.4) is 0 Å². The maximum absolute atomic E-state index is 7.25. The van der Waals surface area contributed by atoms with Gasteiger partial charge < -0.3 is 31.4 Å². The molecule has 12 nitrogen and oxygen atoms in total. The van der Waals surface area contributed by atoms with Crippen LogP contribution in [0.1, 0.15) is 63.5 Å². The Morgan fingerprint density at radius 3 is 1.19 bits per heavy atom. The maximum Gasteiger partial charge on any atom is 1.00 e.